The van der Waals surface area contributed by atoms with E-state index in [-0.39, 0.29) is 5.41 Å². The molecule has 0 amide bonds. The van der Waals surface area contributed by atoms with Crippen LogP contribution in [0.2, 0.25) is 0 Å². The Labute approximate surface area is 76.2 Å². The number of nitrogens with one attached hydrogen (secondary N) is 1. The molecule has 1 atom stereocenters. The molecule has 0 radical (unpaired) electrons. The van der Waals surface area contributed by atoms with Crippen molar-refractivity contribution < 1.29 is 0 Å². The molecule has 0 fully saturated rings. The van der Waals surface area contributed by atoms with Gasteiger partial charge in [-0.25, -0.2) is 0 Å². The van der Waals surface area contributed by atoms with Gasteiger partial charge in [-0.1, -0.05) is 26.8 Å². The third-order valence-electron chi connectivity index (χ3n) is 2.72. The summed E-state index contributed by atoms with van der Waals surface area (Å²) in [7, 11) is 0. The smallest absolute Gasteiger partial charge is 0.0264 e. The minimum absolute atomic E-state index is 0.276. The van der Waals surface area contributed by atoms with Crippen molar-refractivity contribution in [1.29, 1.82) is 0 Å². The molecule has 0 rings (SSSR count). The highest BCUT2D eigenvalue weighted by Gasteiger charge is 2.25. The van der Waals surface area contributed by atoms with Gasteiger partial charge in [0.1, 0.15) is 0 Å². The molecule has 2 heteroatoms. The Morgan fingerprint density at radius 2 is 2.17 bits per heavy atom. The summed E-state index contributed by atoms with van der Waals surface area (Å²) in [6.45, 7) is 10.4. The highest BCUT2D eigenvalue weighted by Crippen LogP contribution is 2.27. The maximum Gasteiger partial charge on any atom is 0.0264 e. The Balaban J connectivity index is 4.03. The lowest BCUT2D eigenvalue weighted by Gasteiger charge is -2.32. The minimum Gasteiger partial charge on any atom is -0.271 e. The predicted octanol–water partition coefficient (Wildman–Crippen LogP) is 2.22. The molecule has 3 N–H and O–H groups in total. The number of allylic oxidation sites excluding steroid dienone is 1. The molecule has 0 heterocycles. The summed E-state index contributed by atoms with van der Waals surface area (Å²) >= 11 is 0. The second kappa shape index (κ2) is 5.33. The van der Waals surface area contributed by atoms with Crippen molar-refractivity contribution in [2.75, 3.05) is 0 Å². The van der Waals surface area contributed by atoms with E-state index >= 15 is 0 Å². The second-order valence-corrected chi connectivity index (χ2v) is 3.93. The van der Waals surface area contributed by atoms with Crippen LogP contribution in [-0.2, 0) is 0 Å². The first-order chi connectivity index (χ1) is 5.58. The zero-order valence-electron chi connectivity index (χ0n) is 8.56. The van der Waals surface area contributed by atoms with Gasteiger partial charge >= 0.3 is 0 Å². The van der Waals surface area contributed by atoms with Crippen LogP contribution in [-0.4, -0.2) is 6.04 Å². The Morgan fingerprint density at radius 1 is 1.58 bits per heavy atom. The van der Waals surface area contributed by atoms with Crippen molar-refractivity contribution in [3.05, 3.63) is 12.7 Å². The molecule has 0 aliphatic rings. The van der Waals surface area contributed by atoms with Gasteiger partial charge in [0.25, 0.3) is 0 Å². The maximum absolute atomic E-state index is 5.49. The van der Waals surface area contributed by atoms with Crippen LogP contribution in [0.15, 0.2) is 12.7 Å². The lowest BCUT2D eigenvalue weighted by Crippen LogP contribution is -2.45. The molecular weight excluding hydrogens is 148 g/mol. The third-order valence-corrected chi connectivity index (χ3v) is 2.72. The summed E-state index contributed by atoms with van der Waals surface area (Å²) < 4.78 is 0. The SMILES string of the molecule is C=CCCC(NN)C(C)(C)CC. The number of hydrogen-bond donors (Lipinski definition) is 2. The largest absolute Gasteiger partial charge is 0.271 e. The van der Waals surface area contributed by atoms with Gasteiger partial charge in [0.05, 0.1) is 0 Å². The van der Waals surface area contributed by atoms with Crippen molar-refractivity contribution in [1.82, 2.24) is 5.43 Å². The van der Waals surface area contributed by atoms with E-state index in [4.69, 9.17) is 5.84 Å². The Bertz CT molecular complexity index is 130. The number of hydrogen-bond acceptors (Lipinski definition) is 2. The zero-order valence-corrected chi connectivity index (χ0v) is 8.56. The maximum atomic E-state index is 5.49. The first-order valence-electron chi connectivity index (χ1n) is 4.65. The summed E-state index contributed by atoms with van der Waals surface area (Å²) in [6, 6.07) is 0.389. The average Bonchev–Trinajstić information content (AvgIpc) is 2.05. The first-order valence-corrected chi connectivity index (χ1v) is 4.65. The highest BCUT2D eigenvalue weighted by atomic mass is 15.2. The van der Waals surface area contributed by atoms with E-state index in [1.807, 2.05) is 6.08 Å². The lowest BCUT2D eigenvalue weighted by atomic mass is 9.80. The van der Waals surface area contributed by atoms with E-state index in [1.54, 1.807) is 0 Å². The second-order valence-electron chi connectivity index (χ2n) is 3.93. The van der Waals surface area contributed by atoms with Crippen molar-refractivity contribution in [3.8, 4) is 0 Å². The number of rotatable bonds is 6. The van der Waals surface area contributed by atoms with Gasteiger partial charge in [-0.15, -0.1) is 6.58 Å². The van der Waals surface area contributed by atoms with Crippen molar-refractivity contribution in [2.24, 2.45) is 11.3 Å². The lowest BCUT2D eigenvalue weighted by molar-refractivity contribution is 0.223. The molecule has 0 aromatic carbocycles. The molecule has 12 heavy (non-hydrogen) atoms. The van der Waals surface area contributed by atoms with E-state index in [2.05, 4.69) is 32.8 Å². The van der Waals surface area contributed by atoms with Crippen molar-refractivity contribution >= 4 is 0 Å². The zero-order chi connectivity index (χ0) is 9.61. The van der Waals surface area contributed by atoms with Crippen LogP contribution in [0.25, 0.3) is 0 Å². The van der Waals surface area contributed by atoms with Crippen LogP contribution >= 0.6 is 0 Å². The van der Waals surface area contributed by atoms with Crippen LogP contribution < -0.4 is 11.3 Å². The average molecular weight is 170 g/mol. The van der Waals surface area contributed by atoms with E-state index in [9.17, 15) is 0 Å². The summed E-state index contributed by atoms with van der Waals surface area (Å²) in [5, 5.41) is 0. The summed E-state index contributed by atoms with van der Waals surface area (Å²) in [4.78, 5) is 0. The van der Waals surface area contributed by atoms with Crippen LogP contribution in [0.5, 0.6) is 0 Å². The van der Waals surface area contributed by atoms with Crippen LogP contribution in [0.4, 0.5) is 0 Å². The number of nitrogens with two attached hydrogens (primary N) is 1. The molecule has 0 saturated heterocycles. The van der Waals surface area contributed by atoms with Gasteiger partial charge in [0.15, 0.2) is 0 Å². The fourth-order valence-electron chi connectivity index (χ4n) is 1.23. The van der Waals surface area contributed by atoms with Gasteiger partial charge in [-0.2, -0.15) is 0 Å². The third kappa shape index (κ3) is 3.37. The fourth-order valence-corrected chi connectivity index (χ4v) is 1.23. The molecule has 0 saturated carbocycles. The molecular formula is C10H22N2. The van der Waals surface area contributed by atoms with Crippen LogP contribution in [0, 0.1) is 5.41 Å². The minimum atomic E-state index is 0.276. The molecule has 0 aromatic rings. The van der Waals surface area contributed by atoms with E-state index in [0.717, 1.165) is 19.3 Å². The van der Waals surface area contributed by atoms with Gasteiger partial charge in [-0.3, -0.25) is 11.3 Å². The molecule has 0 bridgehead atoms. The van der Waals surface area contributed by atoms with Crippen LogP contribution in [0.3, 0.4) is 0 Å². The summed E-state index contributed by atoms with van der Waals surface area (Å²) in [6.07, 6.45) is 5.17. The fraction of sp³-hybridized carbons (Fsp3) is 0.800. The first kappa shape index (κ1) is 11.7. The number of hydrazine groups is 1. The molecule has 1 unspecified atom stereocenters. The molecule has 0 aromatic heterocycles. The van der Waals surface area contributed by atoms with Gasteiger partial charge < -0.3 is 0 Å². The quantitative estimate of drug-likeness (QED) is 0.364. The van der Waals surface area contributed by atoms with Gasteiger partial charge in [0.2, 0.25) is 0 Å². The van der Waals surface area contributed by atoms with Gasteiger partial charge in [0, 0.05) is 6.04 Å². The normalized spacial score (nSPS) is 14.3. The molecule has 72 valence electrons. The predicted molar refractivity (Wildman–Crippen MR) is 54.6 cm³/mol. The Morgan fingerprint density at radius 3 is 2.50 bits per heavy atom. The summed E-state index contributed by atoms with van der Waals surface area (Å²) in [5.74, 6) is 5.49. The molecule has 0 aliphatic heterocycles. The monoisotopic (exact) mass is 170 g/mol. The van der Waals surface area contributed by atoms with E-state index in [1.165, 1.54) is 0 Å². The van der Waals surface area contributed by atoms with Crippen molar-refractivity contribution in [3.63, 3.8) is 0 Å². The molecule has 0 aliphatic carbocycles. The standard InChI is InChI=1S/C10H22N2/c1-5-7-8-9(12-11)10(3,4)6-2/h5,9,12H,1,6-8,11H2,2-4H3. The highest BCUT2D eigenvalue weighted by molar-refractivity contribution is 4.83. The van der Waals surface area contributed by atoms with Crippen molar-refractivity contribution in [2.45, 2.75) is 46.1 Å². The summed E-state index contributed by atoms with van der Waals surface area (Å²) in [5.41, 5.74) is 3.16. The van der Waals surface area contributed by atoms with Gasteiger partial charge in [-0.05, 0) is 24.7 Å². The Hall–Kier alpha value is -0.340. The molecule has 2 nitrogen and oxygen atoms in total. The molecule has 0 spiro atoms. The topological polar surface area (TPSA) is 38.0 Å². The van der Waals surface area contributed by atoms with Crippen LogP contribution in [0.1, 0.15) is 40.0 Å². The van der Waals surface area contributed by atoms with E-state index < -0.39 is 0 Å². The Kier molecular flexibility index (Phi) is 5.18. The van der Waals surface area contributed by atoms with E-state index in [0.29, 0.717) is 6.04 Å².